The van der Waals surface area contributed by atoms with Crippen molar-refractivity contribution >= 4 is 17.7 Å². The molecule has 0 N–H and O–H groups in total. The van der Waals surface area contributed by atoms with Crippen LogP contribution in [0.1, 0.15) is 25.7 Å². The topological polar surface area (TPSA) is 35.5 Å². The monoisotopic (exact) mass is 312 g/mol. The zero-order valence-corrected chi connectivity index (χ0v) is 13.0. The minimum absolute atomic E-state index is 0.0449. The number of carbonyl (C=O) groups excluding carboxylic acids is 1. The van der Waals surface area contributed by atoms with Crippen LogP contribution in [0.3, 0.4) is 0 Å². The van der Waals surface area contributed by atoms with Crippen LogP contribution in [0.25, 0.3) is 0 Å². The molecular formula is C16H21FO3S. The number of hydrogen-bond acceptors (Lipinski definition) is 4. The fourth-order valence-corrected chi connectivity index (χ4v) is 3.28. The van der Waals surface area contributed by atoms with E-state index in [4.69, 9.17) is 9.47 Å². The molecule has 5 heteroatoms. The van der Waals surface area contributed by atoms with Gasteiger partial charge in [0.2, 0.25) is 0 Å². The molecule has 0 spiro atoms. The summed E-state index contributed by atoms with van der Waals surface area (Å²) >= 11 is 1.66. The number of thioether (sulfide) groups is 1. The second-order valence-electron chi connectivity index (χ2n) is 5.17. The van der Waals surface area contributed by atoms with E-state index in [0.29, 0.717) is 6.61 Å². The Balaban J connectivity index is 1.60. The average Bonchev–Trinajstić information content (AvgIpc) is 2.53. The highest BCUT2D eigenvalue weighted by molar-refractivity contribution is 7.99. The lowest BCUT2D eigenvalue weighted by Gasteiger charge is -2.26. The molecule has 3 nitrogen and oxygen atoms in total. The molecule has 0 atom stereocenters. The Kier molecular flexibility index (Phi) is 6.51. The van der Waals surface area contributed by atoms with E-state index in [2.05, 4.69) is 0 Å². The molecule has 0 aromatic heterocycles. The maximum absolute atomic E-state index is 12.8. The molecule has 2 rings (SSSR count). The molecule has 21 heavy (non-hydrogen) atoms. The van der Waals surface area contributed by atoms with Gasteiger partial charge in [0.15, 0.2) is 0 Å². The summed E-state index contributed by atoms with van der Waals surface area (Å²) in [6.45, 7) is 0.676. The molecule has 0 unspecified atom stereocenters. The highest BCUT2D eigenvalue weighted by Gasteiger charge is 2.27. The lowest BCUT2D eigenvalue weighted by atomic mass is 9.87. The Morgan fingerprint density at radius 1 is 1.24 bits per heavy atom. The summed E-state index contributed by atoms with van der Waals surface area (Å²) in [4.78, 5) is 12.5. The molecule has 1 aliphatic carbocycles. The molecule has 1 aromatic rings. The van der Waals surface area contributed by atoms with Crippen molar-refractivity contribution in [3.63, 3.8) is 0 Å². The van der Waals surface area contributed by atoms with Gasteiger partial charge in [-0.15, -0.1) is 11.8 Å². The van der Waals surface area contributed by atoms with Crippen LogP contribution in [-0.4, -0.2) is 31.5 Å². The third-order valence-electron chi connectivity index (χ3n) is 3.73. The number of benzene rings is 1. The Morgan fingerprint density at radius 2 is 1.90 bits per heavy atom. The van der Waals surface area contributed by atoms with Crippen molar-refractivity contribution in [3.8, 4) is 0 Å². The van der Waals surface area contributed by atoms with E-state index >= 15 is 0 Å². The molecule has 0 amide bonds. The SMILES string of the molecule is COC(=O)C1CCC(OCCSc2ccc(F)cc2)CC1. The third-order valence-corrected chi connectivity index (χ3v) is 4.70. The Morgan fingerprint density at radius 3 is 2.52 bits per heavy atom. The van der Waals surface area contributed by atoms with Crippen molar-refractivity contribution in [2.75, 3.05) is 19.5 Å². The molecule has 0 heterocycles. The van der Waals surface area contributed by atoms with Gasteiger partial charge in [-0.3, -0.25) is 4.79 Å². The van der Waals surface area contributed by atoms with Crippen LogP contribution < -0.4 is 0 Å². The van der Waals surface area contributed by atoms with Gasteiger partial charge in [0, 0.05) is 10.6 Å². The van der Waals surface area contributed by atoms with Gasteiger partial charge in [-0.25, -0.2) is 4.39 Å². The van der Waals surface area contributed by atoms with E-state index in [1.807, 2.05) is 0 Å². The number of carbonyl (C=O) groups is 1. The normalized spacial score (nSPS) is 22.0. The molecule has 0 saturated heterocycles. The molecule has 0 bridgehead atoms. The third kappa shape index (κ3) is 5.32. The quantitative estimate of drug-likeness (QED) is 0.456. The highest BCUT2D eigenvalue weighted by Crippen LogP contribution is 2.27. The number of ether oxygens (including phenoxy) is 2. The van der Waals surface area contributed by atoms with E-state index in [1.165, 1.54) is 19.2 Å². The van der Waals surface area contributed by atoms with Crippen molar-refractivity contribution in [3.05, 3.63) is 30.1 Å². The first-order valence-electron chi connectivity index (χ1n) is 7.27. The molecule has 116 valence electrons. The predicted molar refractivity (Wildman–Crippen MR) is 80.8 cm³/mol. The summed E-state index contributed by atoms with van der Waals surface area (Å²) in [6.07, 6.45) is 3.78. The van der Waals surface area contributed by atoms with Crippen LogP contribution in [0.2, 0.25) is 0 Å². The van der Waals surface area contributed by atoms with Gasteiger partial charge in [0.1, 0.15) is 5.82 Å². The molecule has 0 aliphatic heterocycles. The lowest BCUT2D eigenvalue weighted by Crippen LogP contribution is -2.27. The van der Waals surface area contributed by atoms with Gasteiger partial charge in [-0.05, 0) is 49.9 Å². The summed E-state index contributed by atoms with van der Waals surface area (Å²) in [7, 11) is 1.44. The van der Waals surface area contributed by atoms with E-state index in [0.717, 1.165) is 36.3 Å². The zero-order chi connectivity index (χ0) is 15.1. The van der Waals surface area contributed by atoms with Crippen LogP contribution in [0.5, 0.6) is 0 Å². The first kappa shape index (κ1) is 16.3. The maximum atomic E-state index is 12.8. The smallest absolute Gasteiger partial charge is 0.308 e. The van der Waals surface area contributed by atoms with Crippen molar-refractivity contribution in [2.45, 2.75) is 36.7 Å². The Bertz CT molecular complexity index is 441. The summed E-state index contributed by atoms with van der Waals surface area (Å²) < 4.78 is 23.4. The Hall–Kier alpha value is -1.07. The van der Waals surface area contributed by atoms with E-state index in [9.17, 15) is 9.18 Å². The van der Waals surface area contributed by atoms with Crippen LogP contribution in [0.4, 0.5) is 4.39 Å². The van der Waals surface area contributed by atoms with Gasteiger partial charge in [0.25, 0.3) is 0 Å². The average molecular weight is 312 g/mol. The molecule has 0 radical (unpaired) electrons. The number of esters is 1. The zero-order valence-electron chi connectivity index (χ0n) is 12.2. The number of halogens is 1. The van der Waals surface area contributed by atoms with E-state index in [1.54, 1.807) is 23.9 Å². The summed E-state index contributed by atoms with van der Waals surface area (Å²) in [5.41, 5.74) is 0. The largest absolute Gasteiger partial charge is 0.469 e. The van der Waals surface area contributed by atoms with Gasteiger partial charge in [-0.2, -0.15) is 0 Å². The summed E-state index contributed by atoms with van der Waals surface area (Å²) in [5, 5.41) is 0. The van der Waals surface area contributed by atoms with Gasteiger partial charge in [-0.1, -0.05) is 0 Å². The number of rotatable bonds is 6. The molecule has 1 saturated carbocycles. The van der Waals surface area contributed by atoms with E-state index < -0.39 is 0 Å². The lowest BCUT2D eigenvalue weighted by molar-refractivity contribution is -0.147. The van der Waals surface area contributed by atoms with Crippen molar-refractivity contribution in [2.24, 2.45) is 5.92 Å². The fraction of sp³-hybridized carbons (Fsp3) is 0.562. The number of methoxy groups -OCH3 is 1. The summed E-state index contributed by atoms with van der Waals surface area (Å²) in [5.74, 6) is 0.587. The van der Waals surface area contributed by atoms with Crippen molar-refractivity contribution < 1.29 is 18.7 Å². The van der Waals surface area contributed by atoms with Crippen LogP contribution in [0, 0.1) is 11.7 Å². The van der Waals surface area contributed by atoms with Crippen LogP contribution in [0.15, 0.2) is 29.2 Å². The minimum atomic E-state index is -0.210. The molecular weight excluding hydrogens is 291 g/mol. The van der Waals surface area contributed by atoms with Gasteiger partial charge in [0.05, 0.1) is 25.7 Å². The van der Waals surface area contributed by atoms with Crippen molar-refractivity contribution in [1.29, 1.82) is 0 Å². The van der Waals surface area contributed by atoms with Crippen LogP contribution >= 0.6 is 11.8 Å². The van der Waals surface area contributed by atoms with Crippen LogP contribution in [-0.2, 0) is 14.3 Å². The highest BCUT2D eigenvalue weighted by atomic mass is 32.2. The molecule has 1 aliphatic rings. The fourth-order valence-electron chi connectivity index (χ4n) is 2.54. The number of hydrogen-bond donors (Lipinski definition) is 0. The van der Waals surface area contributed by atoms with Gasteiger partial charge >= 0.3 is 5.97 Å². The van der Waals surface area contributed by atoms with E-state index in [-0.39, 0.29) is 23.8 Å². The predicted octanol–water partition coefficient (Wildman–Crippen LogP) is 3.67. The molecule has 1 aromatic carbocycles. The molecule has 1 fully saturated rings. The second kappa shape index (κ2) is 8.39. The van der Waals surface area contributed by atoms with Crippen molar-refractivity contribution in [1.82, 2.24) is 0 Å². The maximum Gasteiger partial charge on any atom is 0.308 e. The first-order valence-corrected chi connectivity index (χ1v) is 8.25. The van der Waals surface area contributed by atoms with Gasteiger partial charge < -0.3 is 9.47 Å². The standard InChI is InChI=1S/C16H21FO3S/c1-19-16(18)12-2-6-14(7-3-12)20-10-11-21-15-8-4-13(17)5-9-15/h4-5,8-9,12,14H,2-3,6-7,10-11H2,1H3. The second-order valence-corrected chi connectivity index (χ2v) is 6.34. The summed E-state index contributed by atoms with van der Waals surface area (Å²) in [6, 6.07) is 6.50. The Labute approximate surface area is 129 Å². The minimum Gasteiger partial charge on any atom is -0.469 e. The first-order chi connectivity index (χ1) is 10.2.